The van der Waals surface area contributed by atoms with Crippen molar-refractivity contribution in [2.24, 2.45) is 0 Å². The summed E-state index contributed by atoms with van der Waals surface area (Å²) < 4.78 is 0. The molecule has 1 fully saturated rings. The fourth-order valence-electron chi connectivity index (χ4n) is 2.46. The zero-order chi connectivity index (χ0) is 13.0. The molecule has 0 atom stereocenters. The summed E-state index contributed by atoms with van der Waals surface area (Å²) in [6.07, 6.45) is 7.00. The van der Waals surface area contributed by atoms with Gasteiger partial charge in [-0.3, -0.25) is 4.79 Å². The number of anilines is 1. The molecular weight excluding hydrogens is 248 g/mol. The molecule has 2 rings (SSSR count). The molecule has 0 unspecified atom stereocenters. The van der Waals surface area contributed by atoms with Crippen LogP contribution in [0.5, 0.6) is 0 Å². The molecule has 4 heteroatoms. The lowest BCUT2D eigenvalue weighted by Gasteiger charge is -2.17. The number of halogens is 1. The van der Waals surface area contributed by atoms with Crippen molar-refractivity contribution in [3.8, 4) is 0 Å². The summed E-state index contributed by atoms with van der Waals surface area (Å²) in [5, 5.41) is 3.47. The number of nitrogen functional groups attached to an aromatic ring is 1. The Labute approximate surface area is 113 Å². The number of rotatable bonds is 2. The van der Waals surface area contributed by atoms with Crippen molar-refractivity contribution < 1.29 is 4.79 Å². The van der Waals surface area contributed by atoms with Crippen LogP contribution in [0.3, 0.4) is 0 Å². The smallest absolute Gasteiger partial charge is 0.255 e. The molecule has 0 heterocycles. The van der Waals surface area contributed by atoms with E-state index >= 15 is 0 Å². The minimum absolute atomic E-state index is 0.148. The predicted molar refractivity (Wildman–Crippen MR) is 74.8 cm³/mol. The Morgan fingerprint density at radius 2 is 1.89 bits per heavy atom. The van der Waals surface area contributed by atoms with Crippen LogP contribution in [-0.4, -0.2) is 11.9 Å². The molecule has 0 spiro atoms. The van der Waals surface area contributed by atoms with E-state index < -0.39 is 0 Å². The van der Waals surface area contributed by atoms with Gasteiger partial charge in [0, 0.05) is 11.7 Å². The molecule has 98 valence electrons. The van der Waals surface area contributed by atoms with Gasteiger partial charge in [0.15, 0.2) is 0 Å². The molecule has 0 radical (unpaired) electrons. The van der Waals surface area contributed by atoms with Crippen LogP contribution < -0.4 is 11.1 Å². The molecule has 18 heavy (non-hydrogen) atoms. The third-order valence-corrected chi connectivity index (χ3v) is 3.78. The van der Waals surface area contributed by atoms with Crippen molar-refractivity contribution in [1.29, 1.82) is 0 Å². The summed E-state index contributed by atoms with van der Waals surface area (Å²) in [7, 11) is 0. The predicted octanol–water partition coefficient (Wildman–Crippen LogP) is 3.37. The lowest BCUT2D eigenvalue weighted by atomic mass is 10.1. The first kappa shape index (κ1) is 13.2. The maximum absolute atomic E-state index is 12.2. The summed E-state index contributed by atoms with van der Waals surface area (Å²) >= 11 is 6.03. The van der Waals surface area contributed by atoms with E-state index in [0.717, 1.165) is 12.8 Å². The molecule has 0 aromatic heterocycles. The second-order valence-electron chi connectivity index (χ2n) is 4.87. The van der Waals surface area contributed by atoms with E-state index in [2.05, 4.69) is 5.32 Å². The molecule has 3 nitrogen and oxygen atoms in total. The number of carbonyl (C=O) groups is 1. The van der Waals surface area contributed by atoms with Crippen LogP contribution >= 0.6 is 11.6 Å². The monoisotopic (exact) mass is 266 g/mol. The highest BCUT2D eigenvalue weighted by molar-refractivity contribution is 6.34. The molecule has 0 saturated heterocycles. The second-order valence-corrected chi connectivity index (χ2v) is 5.27. The van der Waals surface area contributed by atoms with Crippen LogP contribution in [0, 0.1) is 0 Å². The largest absolute Gasteiger partial charge is 0.398 e. The maximum atomic E-state index is 12.2. The van der Waals surface area contributed by atoms with Crippen LogP contribution in [0.25, 0.3) is 0 Å². The molecule has 0 bridgehead atoms. The lowest BCUT2D eigenvalue weighted by Crippen LogP contribution is -2.35. The van der Waals surface area contributed by atoms with Crippen LogP contribution in [0.15, 0.2) is 18.2 Å². The Morgan fingerprint density at radius 1 is 1.22 bits per heavy atom. The van der Waals surface area contributed by atoms with Gasteiger partial charge in [0.1, 0.15) is 0 Å². The van der Waals surface area contributed by atoms with E-state index in [-0.39, 0.29) is 11.9 Å². The van der Waals surface area contributed by atoms with E-state index in [1.807, 2.05) is 0 Å². The van der Waals surface area contributed by atoms with Crippen LogP contribution in [0.4, 0.5) is 5.69 Å². The quantitative estimate of drug-likeness (QED) is 0.637. The van der Waals surface area contributed by atoms with Crippen LogP contribution in [0.2, 0.25) is 5.02 Å². The minimum atomic E-state index is -0.148. The number of carbonyl (C=O) groups excluding carboxylic acids is 1. The average molecular weight is 267 g/mol. The Bertz CT molecular complexity index is 406. The highest BCUT2D eigenvalue weighted by atomic mass is 35.5. The van der Waals surface area contributed by atoms with Gasteiger partial charge in [-0.1, -0.05) is 43.4 Å². The molecular formula is C14H19ClN2O. The Morgan fingerprint density at radius 3 is 2.50 bits per heavy atom. The first-order valence-corrected chi connectivity index (χ1v) is 6.91. The highest BCUT2D eigenvalue weighted by Crippen LogP contribution is 2.23. The van der Waals surface area contributed by atoms with Crippen LogP contribution in [-0.2, 0) is 0 Å². The van der Waals surface area contributed by atoms with Crippen molar-refractivity contribution in [2.45, 2.75) is 44.6 Å². The topological polar surface area (TPSA) is 55.1 Å². The first-order chi connectivity index (χ1) is 8.68. The van der Waals surface area contributed by atoms with Gasteiger partial charge in [-0.2, -0.15) is 0 Å². The molecule has 1 aromatic rings. The number of benzene rings is 1. The Hall–Kier alpha value is -1.22. The van der Waals surface area contributed by atoms with Gasteiger partial charge in [-0.05, 0) is 25.0 Å². The molecule has 0 aliphatic heterocycles. The van der Waals surface area contributed by atoms with Crippen molar-refractivity contribution in [2.75, 3.05) is 5.73 Å². The van der Waals surface area contributed by atoms with Crippen LogP contribution in [0.1, 0.15) is 48.9 Å². The molecule has 1 aromatic carbocycles. The first-order valence-electron chi connectivity index (χ1n) is 6.53. The fourth-order valence-corrected chi connectivity index (χ4v) is 2.73. The third kappa shape index (κ3) is 3.16. The summed E-state index contributed by atoms with van der Waals surface area (Å²) in [5.41, 5.74) is 6.66. The molecule has 3 N–H and O–H groups in total. The average Bonchev–Trinajstić information content (AvgIpc) is 2.57. The van der Waals surface area contributed by atoms with Gasteiger partial charge in [0.2, 0.25) is 0 Å². The second kappa shape index (κ2) is 6.10. The number of hydrogen-bond acceptors (Lipinski definition) is 2. The van der Waals surface area contributed by atoms with E-state index in [4.69, 9.17) is 17.3 Å². The van der Waals surface area contributed by atoms with Crippen molar-refractivity contribution in [3.63, 3.8) is 0 Å². The normalized spacial score (nSPS) is 17.2. The summed E-state index contributed by atoms with van der Waals surface area (Å²) in [6, 6.07) is 5.41. The number of hydrogen-bond donors (Lipinski definition) is 2. The third-order valence-electron chi connectivity index (χ3n) is 3.46. The van der Waals surface area contributed by atoms with Gasteiger partial charge < -0.3 is 11.1 Å². The zero-order valence-electron chi connectivity index (χ0n) is 10.4. The van der Waals surface area contributed by atoms with E-state index in [9.17, 15) is 4.79 Å². The molecule has 1 saturated carbocycles. The lowest BCUT2D eigenvalue weighted by molar-refractivity contribution is 0.0934. The SMILES string of the molecule is Nc1cccc(Cl)c1C(=O)NC1CCCCCC1. The standard InChI is InChI=1S/C14H19ClN2O/c15-11-8-5-9-12(16)13(11)14(18)17-10-6-3-1-2-4-7-10/h5,8-10H,1-4,6-7,16H2,(H,17,18). The minimum Gasteiger partial charge on any atom is -0.398 e. The van der Waals surface area contributed by atoms with E-state index in [1.165, 1.54) is 25.7 Å². The maximum Gasteiger partial charge on any atom is 0.255 e. The summed E-state index contributed by atoms with van der Waals surface area (Å²) in [4.78, 5) is 12.2. The molecule has 1 aliphatic carbocycles. The fraction of sp³-hybridized carbons (Fsp3) is 0.500. The summed E-state index contributed by atoms with van der Waals surface area (Å²) in [5.74, 6) is -0.148. The molecule has 1 aliphatic rings. The summed E-state index contributed by atoms with van der Waals surface area (Å²) in [6.45, 7) is 0. The number of nitrogens with one attached hydrogen (secondary N) is 1. The van der Waals surface area contributed by atoms with Gasteiger partial charge >= 0.3 is 0 Å². The van der Waals surface area contributed by atoms with E-state index in [1.54, 1.807) is 18.2 Å². The Kier molecular flexibility index (Phi) is 4.48. The zero-order valence-corrected chi connectivity index (χ0v) is 11.2. The van der Waals surface area contributed by atoms with E-state index in [0.29, 0.717) is 16.3 Å². The number of amides is 1. The Balaban J connectivity index is 2.07. The number of nitrogens with two attached hydrogens (primary N) is 1. The van der Waals surface area contributed by atoms with Crippen molar-refractivity contribution in [3.05, 3.63) is 28.8 Å². The van der Waals surface area contributed by atoms with Crippen molar-refractivity contribution in [1.82, 2.24) is 5.32 Å². The van der Waals surface area contributed by atoms with Gasteiger partial charge in [-0.25, -0.2) is 0 Å². The van der Waals surface area contributed by atoms with Crippen molar-refractivity contribution >= 4 is 23.2 Å². The van der Waals surface area contributed by atoms with Gasteiger partial charge in [-0.15, -0.1) is 0 Å². The van der Waals surface area contributed by atoms with Gasteiger partial charge in [0.25, 0.3) is 5.91 Å². The molecule has 1 amide bonds. The highest BCUT2D eigenvalue weighted by Gasteiger charge is 2.19. The van der Waals surface area contributed by atoms with Gasteiger partial charge in [0.05, 0.1) is 10.6 Å².